The van der Waals surface area contributed by atoms with Crippen molar-refractivity contribution < 1.29 is 9.53 Å². The molecule has 4 rings (SSSR count). The van der Waals surface area contributed by atoms with E-state index in [4.69, 9.17) is 21.9 Å². The summed E-state index contributed by atoms with van der Waals surface area (Å²) in [5.74, 6) is 0.641. The highest BCUT2D eigenvalue weighted by Crippen LogP contribution is 2.27. The van der Waals surface area contributed by atoms with Crippen LogP contribution in [0, 0.1) is 6.92 Å². The Balaban J connectivity index is 1.85. The lowest BCUT2D eigenvalue weighted by molar-refractivity contribution is -0.115. The van der Waals surface area contributed by atoms with Gasteiger partial charge in [-0.15, -0.1) is 0 Å². The van der Waals surface area contributed by atoms with E-state index in [-0.39, 0.29) is 5.91 Å². The number of aryl methyl sites for hydroxylation is 1. The number of morpholine rings is 1. The van der Waals surface area contributed by atoms with Gasteiger partial charge in [-0.05, 0) is 43.4 Å². The van der Waals surface area contributed by atoms with Gasteiger partial charge < -0.3 is 15.0 Å². The molecule has 0 bridgehead atoms. The molecule has 1 aromatic carbocycles. The van der Waals surface area contributed by atoms with Crippen LogP contribution in [0.4, 0.5) is 5.82 Å². The Morgan fingerprint density at radius 1 is 1.24 bits per heavy atom. The lowest BCUT2D eigenvalue weighted by Crippen LogP contribution is -2.37. The van der Waals surface area contributed by atoms with Gasteiger partial charge in [0.15, 0.2) is 5.11 Å². The molecule has 0 unspecified atom stereocenters. The number of anilines is 1. The number of amides is 1. The first-order valence-corrected chi connectivity index (χ1v) is 8.59. The third-order valence-electron chi connectivity index (χ3n) is 4.31. The van der Waals surface area contributed by atoms with Crippen LogP contribution >= 0.6 is 12.2 Å². The number of aromatic nitrogens is 1. The average molecular weight is 354 g/mol. The number of rotatable bonds is 2. The number of hydrogen-bond acceptors (Lipinski definition) is 5. The number of benzene rings is 1. The molecule has 1 amide bonds. The maximum absolute atomic E-state index is 12.0. The third kappa shape index (κ3) is 3.20. The Morgan fingerprint density at radius 2 is 2.04 bits per heavy atom. The van der Waals surface area contributed by atoms with Gasteiger partial charge in [0, 0.05) is 24.0 Å². The van der Waals surface area contributed by atoms with Crippen LogP contribution in [0.1, 0.15) is 11.1 Å². The highest BCUT2D eigenvalue weighted by atomic mass is 32.1. The van der Waals surface area contributed by atoms with Crippen molar-refractivity contribution in [3.05, 3.63) is 41.1 Å². The van der Waals surface area contributed by atoms with Gasteiger partial charge in [-0.25, -0.2) is 4.98 Å². The van der Waals surface area contributed by atoms with Crippen molar-refractivity contribution in [2.24, 2.45) is 0 Å². The van der Waals surface area contributed by atoms with Crippen molar-refractivity contribution in [3.63, 3.8) is 0 Å². The van der Waals surface area contributed by atoms with E-state index in [0.29, 0.717) is 24.0 Å². The molecule has 25 heavy (non-hydrogen) atoms. The summed E-state index contributed by atoms with van der Waals surface area (Å²) in [4.78, 5) is 19.1. The van der Waals surface area contributed by atoms with Crippen molar-refractivity contribution in [2.45, 2.75) is 6.92 Å². The molecule has 2 saturated heterocycles. The predicted octanol–water partition coefficient (Wildman–Crippen LogP) is 1.73. The zero-order valence-corrected chi connectivity index (χ0v) is 14.7. The molecule has 3 heterocycles. The molecule has 128 valence electrons. The summed E-state index contributed by atoms with van der Waals surface area (Å²) < 4.78 is 5.45. The zero-order chi connectivity index (χ0) is 17.4. The maximum Gasteiger partial charge on any atom is 0.273 e. The monoisotopic (exact) mass is 354 g/mol. The number of nitrogens with zero attached hydrogens (tertiary/aromatic N) is 2. The molecule has 7 heteroatoms. The van der Waals surface area contributed by atoms with Crippen molar-refractivity contribution in [3.8, 4) is 0 Å². The number of carbonyl (C=O) groups excluding carboxylic acids is 1. The maximum atomic E-state index is 12.0. The fraction of sp³-hybridized carbons (Fsp3) is 0.278. The fourth-order valence-electron chi connectivity index (χ4n) is 3.07. The van der Waals surface area contributed by atoms with E-state index in [2.05, 4.69) is 40.7 Å². The second-order valence-electron chi connectivity index (χ2n) is 6.16. The Morgan fingerprint density at radius 3 is 2.76 bits per heavy atom. The number of nitrogens with one attached hydrogen (secondary N) is 2. The van der Waals surface area contributed by atoms with E-state index < -0.39 is 0 Å². The number of pyridine rings is 1. The van der Waals surface area contributed by atoms with Gasteiger partial charge >= 0.3 is 0 Å². The fourth-order valence-corrected chi connectivity index (χ4v) is 3.28. The first-order chi connectivity index (χ1) is 12.1. The molecular formula is C18H18N4O2S. The highest BCUT2D eigenvalue weighted by Gasteiger charge is 2.22. The van der Waals surface area contributed by atoms with Crippen LogP contribution < -0.4 is 15.5 Å². The van der Waals surface area contributed by atoms with E-state index in [1.54, 1.807) is 0 Å². The van der Waals surface area contributed by atoms with E-state index in [1.807, 2.05) is 12.1 Å². The summed E-state index contributed by atoms with van der Waals surface area (Å²) in [5, 5.41) is 6.87. The summed E-state index contributed by atoms with van der Waals surface area (Å²) in [6.45, 7) is 4.95. The molecule has 2 N–H and O–H groups in total. The van der Waals surface area contributed by atoms with Crippen LogP contribution in [-0.2, 0) is 9.53 Å². The second kappa shape index (κ2) is 6.42. The first kappa shape index (κ1) is 16.0. The summed E-state index contributed by atoms with van der Waals surface area (Å²) in [6.07, 6.45) is 1.81. The SMILES string of the molecule is Cc1ccc2nc(N3CCOCC3)c(/C=C3\NC(=S)NC3=O)cc2c1. The van der Waals surface area contributed by atoms with E-state index in [9.17, 15) is 4.79 Å². The van der Waals surface area contributed by atoms with Crippen LogP contribution in [0.15, 0.2) is 30.0 Å². The van der Waals surface area contributed by atoms with Crippen molar-refractivity contribution in [2.75, 3.05) is 31.2 Å². The van der Waals surface area contributed by atoms with E-state index in [1.165, 1.54) is 5.56 Å². The second-order valence-corrected chi connectivity index (χ2v) is 6.57. The molecule has 2 fully saturated rings. The van der Waals surface area contributed by atoms with Gasteiger partial charge in [0.2, 0.25) is 0 Å². The average Bonchev–Trinajstić information content (AvgIpc) is 2.92. The Labute approximate surface area is 150 Å². The van der Waals surface area contributed by atoms with Gasteiger partial charge in [-0.1, -0.05) is 11.6 Å². The number of ether oxygens (including phenoxy) is 1. The van der Waals surface area contributed by atoms with Crippen molar-refractivity contribution >= 4 is 46.0 Å². The van der Waals surface area contributed by atoms with E-state index in [0.717, 1.165) is 35.4 Å². The van der Waals surface area contributed by atoms with Gasteiger partial charge in [0.05, 0.1) is 18.7 Å². The van der Waals surface area contributed by atoms with Crippen LogP contribution in [0.5, 0.6) is 0 Å². The summed E-state index contributed by atoms with van der Waals surface area (Å²) in [6, 6.07) is 8.26. The molecule has 0 atom stereocenters. The summed E-state index contributed by atoms with van der Waals surface area (Å²) in [5.41, 5.74) is 3.44. The molecule has 2 aromatic rings. The molecule has 6 nitrogen and oxygen atoms in total. The minimum absolute atomic E-state index is 0.220. The van der Waals surface area contributed by atoms with Gasteiger partial charge in [0.1, 0.15) is 11.5 Å². The van der Waals surface area contributed by atoms with Crippen LogP contribution in [0.2, 0.25) is 0 Å². The van der Waals surface area contributed by atoms with Gasteiger partial charge in [-0.2, -0.15) is 0 Å². The molecule has 2 aliphatic rings. The molecule has 1 aromatic heterocycles. The number of fused-ring (bicyclic) bond motifs is 1. The molecule has 0 radical (unpaired) electrons. The molecule has 2 aliphatic heterocycles. The van der Waals surface area contributed by atoms with Gasteiger partial charge in [-0.3, -0.25) is 10.1 Å². The zero-order valence-electron chi connectivity index (χ0n) is 13.8. The standard InChI is InChI=1S/C18H18N4O2S/c1-11-2-3-14-12(8-11)9-13(10-15-17(23)21-18(25)20-15)16(19-14)22-4-6-24-7-5-22/h2-3,8-10H,4-7H2,1H3,(H2,20,21,23,25)/b15-10-. The summed E-state index contributed by atoms with van der Waals surface area (Å²) in [7, 11) is 0. The first-order valence-electron chi connectivity index (χ1n) is 8.18. The Bertz CT molecular complexity index is 903. The van der Waals surface area contributed by atoms with Crippen LogP contribution in [-0.4, -0.2) is 42.3 Å². The minimum Gasteiger partial charge on any atom is -0.378 e. The smallest absolute Gasteiger partial charge is 0.273 e. The number of thiocarbonyl (C=S) groups is 1. The molecule has 0 saturated carbocycles. The minimum atomic E-state index is -0.220. The molecule has 0 spiro atoms. The Hall–Kier alpha value is -2.51. The van der Waals surface area contributed by atoms with Crippen LogP contribution in [0.3, 0.4) is 0 Å². The third-order valence-corrected chi connectivity index (χ3v) is 4.51. The van der Waals surface area contributed by atoms with Gasteiger partial charge in [0.25, 0.3) is 5.91 Å². The van der Waals surface area contributed by atoms with Crippen molar-refractivity contribution in [1.29, 1.82) is 0 Å². The quantitative estimate of drug-likeness (QED) is 0.632. The number of carbonyl (C=O) groups is 1. The summed E-state index contributed by atoms with van der Waals surface area (Å²) >= 11 is 5.02. The van der Waals surface area contributed by atoms with E-state index >= 15 is 0 Å². The molecule has 0 aliphatic carbocycles. The Kier molecular flexibility index (Phi) is 4.10. The topological polar surface area (TPSA) is 66.5 Å². The lowest BCUT2D eigenvalue weighted by Gasteiger charge is -2.29. The van der Waals surface area contributed by atoms with Crippen molar-refractivity contribution in [1.82, 2.24) is 15.6 Å². The largest absolute Gasteiger partial charge is 0.378 e. The predicted molar refractivity (Wildman–Crippen MR) is 101 cm³/mol. The lowest BCUT2D eigenvalue weighted by atomic mass is 10.1. The molecular weight excluding hydrogens is 336 g/mol. The normalized spacial score (nSPS) is 19.4. The highest BCUT2D eigenvalue weighted by molar-refractivity contribution is 7.80. The van der Waals surface area contributed by atoms with Crippen LogP contribution in [0.25, 0.3) is 17.0 Å². The number of hydrogen-bond donors (Lipinski definition) is 2.